The highest BCUT2D eigenvalue weighted by atomic mass is 35.6. The number of hydrogen-bond acceptors (Lipinski definition) is 1. The third kappa shape index (κ3) is 1970. The van der Waals surface area contributed by atoms with Gasteiger partial charge in [-0.1, -0.05) is 34.8 Å². The van der Waals surface area contributed by atoms with E-state index < -0.39 is 4.30 Å². The molecular weight excluding hydrogens is 178 g/mol. The van der Waals surface area contributed by atoms with E-state index in [0.717, 1.165) is 0 Å². The van der Waals surface area contributed by atoms with E-state index in [-0.39, 0.29) is 11.9 Å². The van der Waals surface area contributed by atoms with Crippen molar-refractivity contribution >= 4 is 41.3 Å². The first-order chi connectivity index (χ1) is 3.15. The van der Waals surface area contributed by atoms with E-state index in [9.17, 15) is 0 Å². The summed E-state index contributed by atoms with van der Waals surface area (Å²) in [6.07, 6.45) is 0. The molecule has 3 N–H and O–H groups in total. The molecule has 0 heterocycles. The first kappa shape index (κ1) is 15.7. The van der Waals surface area contributed by atoms with E-state index in [2.05, 4.69) is 0 Å². The lowest BCUT2D eigenvalue weighted by molar-refractivity contribution is -0.122. The number of hydrogen-bond donors (Lipinski definition) is 1. The van der Waals surface area contributed by atoms with Gasteiger partial charge in [-0.2, -0.15) is 0 Å². The predicted octanol–water partition coefficient (Wildman–Crippen LogP) is 0.863. The SMILES string of the molecule is ClC(Cl)Cl.O.O=CO. The highest BCUT2D eigenvalue weighted by molar-refractivity contribution is 6.63. The summed E-state index contributed by atoms with van der Waals surface area (Å²) < 4.78 is -0.750. The van der Waals surface area contributed by atoms with Gasteiger partial charge in [-0.05, 0) is 0 Å². The number of halogens is 3. The minimum atomic E-state index is -0.750. The van der Waals surface area contributed by atoms with Crippen LogP contribution < -0.4 is 0 Å². The van der Waals surface area contributed by atoms with Crippen LogP contribution in [0.5, 0.6) is 0 Å². The van der Waals surface area contributed by atoms with E-state index >= 15 is 0 Å². The van der Waals surface area contributed by atoms with E-state index in [1.54, 1.807) is 0 Å². The van der Waals surface area contributed by atoms with E-state index in [1.165, 1.54) is 0 Å². The fourth-order valence-corrected chi connectivity index (χ4v) is 0. The molecule has 0 aromatic heterocycles. The van der Waals surface area contributed by atoms with Crippen LogP contribution >= 0.6 is 34.8 Å². The lowest BCUT2D eigenvalue weighted by Crippen LogP contribution is -1.55. The normalized spacial score (nSPS) is 6.00. The fraction of sp³-hybridized carbons (Fsp3) is 0.500. The molecule has 52 valence electrons. The van der Waals surface area contributed by atoms with Crippen LogP contribution in [0.2, 0.25) is 0 Å². The van der Waals surface area contributed by atoms with Crippen molar-refractivity contribution in [2.24, 2.45) is 0 Å². The van der Waals surface area contributed by atoms with Gasteiger partial charge < -0.3 is 10.6 Å². The van der Waals surface area contributed by atoms with Gasteiger partial charge in [0.25, 0.3) is 6.47 Å². The summed E-state index contributed by atoms with van der Waals surface area (Å²) in [4.78, 5) is 8.36. The molecule has 0 aliphatic rings. The van der Waals surface area contributed by atoms with Crippen molar-refractivity contribution < 1.29 is 15.4 Å². The summed E-state index contributed by atoms with van der Waals surface area (Å²) in [7, 11) is 0. The Bertz CT molecular complexity index is 36.8. The number of rotatable bonds is 0. The number of carboxylic acid groups (broad SMARTS) is 1. The maximum atomic E-state index is 8.36. The minimum absolute atomic E-state index is 0. The molecule has 0 aliphatic heterocycles. The molecule has 0 bridgehead atoms. The molecule has 0 aromatic rings. The van der Waals surface area contributed by atoms with Gasteiger partial charge in [0.05, 0.1) is 0 Å². The zero-order valence-corrected chi connectivity index (χ0v) is 5.91. The summed E-state index contributed by atoms with van der Waals surface area (Å²) in [5.41, 5.74) is 0. The average molecular weight is 183 g/mol. The number of alkyl halides is 3. The molecule has 0 spiro atoms. The maximum Gasteiger partial charge on any atom is 0.290 e. The molecule has 0 aliphatic carbocycles. The van der Waals surface area contributed by atoms with Crippen LogP contribution in [0.15, 0.2) is 0 Å². The van der Waals surface area contributed by atoms with Gasteiger partial charge in [-0.25, -0.2) is 0 Å². The first-order valence-electron chi connectivity index (χ1n) is 1.15. The molecule has 0 saturated heterocycles. The number of carbonyl (C=O) groups is 1. The second-order valence-electron chi connectivity index (χ2n) is 0.353. The van der Waals surface area contributed by atoms with Crippen LogP contribution in [-0.2, 0) is 4.79 Å². The van der Waals surface area contributed by atoms with Gasteiger partial charge in [-0.15, -0.1) is 0 Å². The molecule has 0 radical (unpaired) electrons. The Hall–Kier alpha value is 0.300. The first-order valence-corrected chi connectivity index (χ1v) is 2.46. The average Bonchev–Trinajstić information content (AvgIpc) is 1.33. The Morgan fingerprint density at radius 1 is 1.38 bits per heavy atom. The van der Waals surface area contributed by atoms with E-state index in [1.807, 2.05) is 0 Å². The fourth-order valence-electron chi connectivity index (χ4n) is 0. The molecule has 0 aromatic carbocycles. The Balaban J connectivity index is -0.0000000575. The quantitative estimate of drug-likeness (QED) is 0.447. The van der Waals surface area contributed by atoms with Crippen LogP contribution in [0.3, 0.4) is 0 Å². The van der Waals surface area contributed by atoms with Crippen molar-refractivity contribution in [2.45, 2.75) is 4.30 Å². The molecule has 0 unspecified atom stereocenters. The van der Waals surface area contributed by atoms with Gasteiger partial charge in [0, 0.05) is 0 Å². The van der Waals surface area contributed by atoms with Crippen LogP contribution in [0.4, 0.5) is 0 Å². The molecule has 8 heavy (non-hydrogen) atoms. The Morgan fingerprint density at radius 3 is 1.38 bits per heavy atom. The van der Waals surface area contributed by atoms with Crippen molar-refractivity contribution in [3.63, 3.8) is 0 Å². The van der Waals surface area contributed by atoms with Crippen molar-refractivity contribution in [1.29, 1.82) is 0 Å². The highest BCUT2D eigenvalue weighted by Gasteiger charge is 1.78. The summed E-state index contributed by atoms with van der Waals surface area (Å²) in [5, 5.41) is 6.89. The van der Waals surface area contributed by atoms with Crippen LogP contribution in [0, 0.1) is 0 Å². The lowest BCUT2D eigenvalue weighted by atomic mass is 11.7. The zero-order chi connectivity index (χ0) is 6.28. The lowest BCUT2D eigenvalue weighted by Gasteiger charge is -1.69. The maximum absolute atomic E-state index is 8.36. The van der Waals surface area contributed by atoms with Gasteiger partial charge >= 0.3 is 0 Å². The van der Waals surface area contributed by atoms with Crippen molar-refractivity contribution in [2.75, 3.05) is 0 Å². The van der Waals surface area contributed by atoms with Crippen molar-refractivity contribution in [3.8, 4) is 0 Å². The van der Waals surface area contributed by atoms with E-state index in [0.29, 0.717) is 0 Å². The molecule has 0 atom stereocenters. The summed E-state index contributed by atoms with van der Waals surface area (Å²) in [6.45, 7) is -0.250. The smallest absolute Gasteiger partial charge is 0.290 e. The topological polar surface area (TPSA) is 68.8 Å². The molecule has 0 rings (SSSR count). The summed E-state index contributed by atoms with van der Waals surface area (Å²) >= 11 is 14.4. The molecule has 0 fully saturated rings. The zero-order valence-electron chi connectivity index (χ0n) is 3.64. The molecule has 0 amide bonds. The Morgan fingerprint density at radius 2 is 1.38 bits per heavy atom. The van der Waals surface area contributed by atoms with Gasteiger partial charge in [0.1, 0.15) is 0 Å². The van der Waals surface area contributed by atoms with Crippen LogP contribution in [0.1, 0.15) is 0 Å². The van der Waals surface area contributed by atoms with Crippen LogP contribution in [-0.4, -0.2) is 21.4 Å². The molecule has 0 saturated carbocycles. The minimum Gasteiger partial charge on any atom is -0.483 e. The van der Waals surface area contributed by atoms with Crippen molar-refractivity contribution in [3.05, 3.63) is 0 Å². The Labute approximate surface area is 61.5 Å². The summed E-state index contributed by atoms with van der Waals surface area (Å²) in [6, 6.07) is 0. The molecular formula is C2H5Cl3O3. The van der Waals surface area contributed by atoms with Gasteiger partial charge in [0.2, 0.25) is 0 Å². The monoisotopic (exact) mass is 182 g/mol. The molecule has 6 heteroatoms. The van der Waals surface area contributed by atoms with Gasteiger partial charge in [-0.3, -0.25) is 4.79 Å². The second kappa shape index (κ2) is 15.7. The van der Waals surface area contributed by atoms with E-state index in [4.69, 9.17) is 44.7 Å². The Kier molecular flexibility index (Phi) is 30.8. The standard InChI is InChI=1S/CHCl3.CH2O2.H2O/c2-1(3)4;2-1-3;/h1H;1H,(H,2,3);1H2. The predicted molar refractivity (Wildman–Crippen MR) is 33.7 cm³/mol. The third-order valence-corrected chi connectivity index (χ3v) is 0. The highest BCUT2D eigenvalue weighted by Crippen LogP contribution is 2.03. The second-order valence-corrected chi connectivity index (χ2v) is 2.33. The summed E-state index contributed by atoms with van der Waals surface area (Å²) in [5.74, 6) is 0. The molecule has 3 nitrogen and oxygen atoms in total. The largest absolute Gasteiger partial charge is 0.483 e. The third-order valence-electron chi connectivity index (χ3n) is 0. The van der Waals surface area contributed by atoms with Gasteiger partial charge in [0.15, 0.2) is 4.30 Å². The van der Waals surface area contributed by atoms with Crippen molar-refractivity contribution in [1.82, 2.24) is 0 Å². The van der Waals surface area contributed by atoms with Crippen LogP contribution in [0.25, 0.3) is 0 Å².